The normalized spacial score (nSPS) is 28.4. The first-order chi connectivity index (χ1) is 16.8. The number of aromatic nitrogens is 1. The molecule has 1 fully saturated rings. The summed E-state index contributed by atoms with van der Waals surface area (Å²) < 4.78 is 11.9. The van der Waals surface area contributed by atoms with Gasteiger partial charge in [0.2, 0.25) is 5.91 Å². The van der Waals surface area contributed by atoms with Crippen molar-refractivity contribution in [2.75, 3.05) is 21.2 Å². The summed E-state index contributed by atoms with van der Waals surface area (Å²) in [4.78, 5) is 19.3. The highest BCUT2D eigenvalue weighted by Gasteiger charge is 2.78. The van der Waals surface area contributed by atoms with Crippen LogP contribution in [0.5, 0.6) is 11.5 Å². The summed E-state index contributed by atoms with van der Waals surface area (Å²) in [6.07, 6.45) is -0.0965. The zero-order valence-corrected chi connectivity index (χ0v) is 19.5. The molecule has 0 spiro atoms. The molecule has 1 aliphatic carbocycles. The first-order valence-electron chi connectivity index (χ1n) is 11.2. The van der Waals surface area contributed by atoms with Crippen molar-refractivity contribution in [2.24, 2.45) is 5.92 Å². The molecule has 1 aliphatic heterocycles. The zero-order chi connectivity index (χ0) is 25.0. The number of hydrogen-bond acceptors (Lipinski definition) is 7. The lowest BCUT2D eigenvalue weighted by Crippen LogP contribution is -2.52. The molecule has 2 N–H and O–H groups in total. The van der Waals surface area contributed by atoms with Crippen LogP contribution in [0.3, 0.4) is 0 Å². The number of benzene rings is 2. The molecule has 2 heterocycles. The monoisotopic (exact) mass is 471 g/mol. The van der Waals surface area contributed by atoms with Gasteiger partial charge in [-0.25, -0.2) is 0 Å². The van der Waals surface area contributed by atoms with E-state index < -0.39 is 29.1 Å². The molecule has 1 saturated carbocycles. The molecule has 2 aromatic carbocycles. The Bertz CT molecular complexity index is 1320. The Kier molecular flexibility index (Phi) is 5.28. The largest absolute Gasteiger partial charge is 0.495 e. The van der Waals surface area contributed by atoms with Gasteiger partial charge < -0.3 is 24.6 Å². The summed E-state index contributed by atoms with van der Waals surface area (Å²) >= 11 is 0. The third-order valence-corrected chi connectivity index (χ3v) is 7.15. The molecule has 0 radical (unpaired) electrons. The van der Waals surface area contributed by atoms with Crippen LogP contribution in [0.4, 0.5) is 0 Å². The van der Waals surface area contributed by atoms with Crippen LogP contribution >= 0.6 is 0 Å². The number of nitrogens with zero attached hydrogens (tertiary/aromatic N) is 3. The van der Waals surface area contributed by atoms with Crippen molar-refractivity contribution < 1.29 is 24.5 Å². The lowest BCUT2D eigenvalue weighted by atomic mass is 9.71. The van der Waals surface area contributed by atoms with E-state index in [1.54, 1.807) is 44.4 Å². The average molecular weight is 472 g/mol. The maximum atomic E-state index is 13.5. The Hall–Kier alpha value is -3.93. The van der Waals surface area contributed by atoms with Gasteiger partial charge >= 0.3 is 0 Å². The highest BCUT2D eigenvalue weighted by atomic mass is 16.5. The van der Waals surface area contributed by atoms with Gasteiger partial charge in [0.25, 0.3) is 0 Å². The summed E-state index contributed by atoms with van der Waals surface area (Å²) in [5.74, 6) is -1.49. The second-order valence-electron chi connectivity index (χ2n) is 9.11. The number of carbonyl (C=O) groups excluding carboxylic acids is 1. The Morgan fingerprint density at radius 1 is 1.17 bits per heavy atom. The number of hydrogen-bond donors (Lipinski definition) is 2. The molecule has 178 valence electrons. The molecule has 2 aliphatic rings. The zero-order valence-electron chi connectivity index (χ0n) is 19.5. The second-order valence-corrected chi connectivity index (χ2v) is 9.11. The molecule has 8 nitrogen and oxygen atoms in total. The second kappa shape index (κ2) is 8.08. The number of aliphatic hydroxyl groups excluding tert-OH is 1. The molecule has 1 amide bonds. The third-order valence-electron chi connectivity index (χ3n) is 7.15. The fraction of sp³-hybridized carbons (Fsp3) is 0.296. The molecule has 0 saturated heterocycles. The number of methoxy groups -OCH3 is 1. The quantitative estimate of drug-likeness (QED) is 0.600. The van der Waals surface area contributed by atoms with Gasteiger partial charge in [-0.05, 0) is 23.3 Å². The van der Waals surface area contributed by atoms with Crippen LogP contribution in [0.1, 0.15) is 28.3 Å². The standard InChI is InChI=1S/C27H25N3O5/c1-30(2)25(32)21-22(17-7-5-4-6-8-17)27(18-11-9-16(14-28)10-12-18)26(33,24(21)31)23-20(35-27)13-19(34-3)15-29-23/h4-13,15,21-22,24,31,33H,1-3H3/t21-,22-,24-,26+,27+/m1/s1. The van der Waals surface area contributed by atoms with E-state index in [9.17, 15) is 20.3 Å². The van der Waals surface area contributed by atoms with Crippen molar-refractivity contribution >= 4 is 5.91 Å². The fourth-order valence-corrected chi connectivity index (χ4v) is 5.61. The van der Waals surface area contributed by atoms with E-state index >= 15 is 0 Å². The molecule has 8 heteroatoms. The first kappa shape index (κ1) is 22.8. The third kappa shape index (κ3) is 2.99. The van der Waals surface area contributed by atoms with Crippen molar-refractivity contribution in [3.8, 4) is 17.6 Å². The van der Waals surface area contributed by atoms with E-state index in [0.29, 0.717) is 22.4 Å². The summed E-state index contributed by atoms with van der Waals surface area (Å²) in [5, 5.41) is 33.6. The molecular weight excluding hydrogens is 446 g/mol. The van der Waals surface area contributed by atoms with E-state index in [1.807, 2.05) is 30.3 Å². The number of amides is 1. The van der Waals surface area contributed by atoms with Crippen LogP contribution in [0, 0.1) is 17.2 Å². The predicted molar refractivity (Wildman–Crippen MR) is 126 cm³/mol. The molecule has 5 atom stereocenters. The number of carbonyl (C=O) groups is 1. The maximum Gasteiger partial charge on any atom is 0.228 e. The van der Waals surface area contributed by atoms with Crippen LogP contribution < -0.4 is 9.47 Å². The van der Waals surface area contributed by atoms with Crippen LogP contribution in [-0.4, -0.2) is 53.3 Å². The minimum atomic E-state index is -2.07. The van der Waals surface area contributed by atoms with Crippen LogP contribution in [0.25, 0.3) is 0 Å². The van der Waals surface area contributed by atoms with E-state index in [4.69, 9.17) is 9.47 Å². The Balaban J connectivity index is 1.85. The number of pyridine rings is 1. The number of aliphatic hydroxyl groups is 2. The van der Waals surface area contributed by atoms with Crippen LogP contribution in [0.2, 0.25) is 0 Å². The van der Waals surface area contributed by atoms with Gasteiger partial charge in [-0.15, -0.1) is 0 Å². The Morgan fingerprint density at radius 3 is 2.46 bits per heavy atom. The predicted octanol–water partition coefficient (Wildman–Crippen LogP) is 2.30. The molecular formula is C27H25N3O5. The number of fused-ring (bicyclic) bond motifs is 3. The highest BCUT2D eigenvalue weighted by Crippen LogP contribution is 2.68. The van der Waals surface area contributed by atoms with Crippen molar-refractivity contribution in [3.05, 3.63) is 89.2 Å². The van der Waals surface area contributed by atoms with Gasteiger partial charge in [0, 0.05) is 26.1 Å². The van der Waals surface area contributed by atoms with Crippen LogP contribution in [0.15, 0.2) is 66.9 Å². The number of rotatable bonds is 4. The number of ether oxygens (including phenoxy) is 2. The summed E-state index contributed by atoms with van der Waals surface area (Å²) in [5.41, 5.74) is -1.89. The van der Waals surface area contributed by atoms with Crippen LogP contribution in [-0.2, 0) is 16.0 Å². The van der Waals surface area contributed by atoms with E-state index in [-0.39, 0.29) is 17.4 Å². The molecule has 5 rings (SSSR count). The molecule has 35 heavy (non-hydrogen) atoms. The maximum absolute atomic E-state index is 13.5. The lowest BCUT2D eigenvalue weighted by molar-refractivity contribution is -0.157. The summed E-state index contributed by atoms with van der Waals surface area (Å²) in [6.45, 7) is 0. The van der Waals surface area contributed by atoms with E-state index in [0.717, 1.165) is 0 Å². The SMILES string of the molecule is COc1cnc2c(c1)O[C@@]1(c3ccc(C#N)cc3)[C@H](c3ccccc3)[C@@H](C(=O)N(C)C)[C@@H](O)[C@@]21O. The summed E-state index contributed by atoms with van der Waals surface area (Å²) in [6, 6.07) is 19.6. The van der Waals surface area contributed by atoms with Crippen molar-refractivity contribution in [1.82, 2.24) is 9.88 Å². The molecule has 1 aromatic heterocycles. The lowest BCUT2D eigenvalue weighted by Gasteiger charge is -2.40. The fourth-order valence-electron chi connectivity index (χ4n) is 5.61. The van der Waals surface area contributed by atoms with Gasteiger partial charge in [-0.3, -0.25) is 9.78 Å². The van der Waals surface area contributed by atoms with Gasteiger partial charge in [0.15, 0.2) is 11.2 Å². The van der Waals surface area contributed by atoms with Gasteiger partial charge in [0.05, 0.1) is 30.9 Å². The average Bonchev–Trinajstić information content (AvgIpc) is 3.26. The van der Waals surface area contributed by atoms with Crippen molar-refractivity contribution in [1.29, 1.82) is 5.26 Å². The minimum Gasteiger partial charge on any atom is -0.495 e. The minimum absolute atomic E-state index is 0.130. The first-order valence-corrected chi connectivity index (χ1v) is 11.2. The Labute approximate surface area is 203 Å². The molecule has 0 unspecified atom stereocenters. The number of nitriles is 1. The van der Waals surface area contributed by atoms with Crippen molar-refractivity contribution in [2.45, 2.75) is 23.2 Å². The molecule has 0 bridgehead atoms. The van der Waals surface area contributed by atoms with Gasteiger partial charge in [-0.1, -0.05) is 42.5 Å². The molecule has 3 aromatic rings. The van der Waals surface area contributed by atoms with E-state index in [1.165, 1.54) is 18.2 Å². The Morgan fingerprint density at radius 2 is 1.86 bits per heavy atom. The van der Waals surface area contributed by atoms with E-state index in [2.05, 4.69) is 11.1 Å². The summed E-state index contributed by atoms with van der Waals surface area (Å²) in [7, 11) is 4.72. The highest BCUT2D eigenvalue weighted by molar-refractivity contribution is 5.82. The topological polar surface area (TPSA) is 116 Å². The van der Waals surface area contributed by atoms with Crippen molar-refractivity contribution in [3.63, 3.8) is 0 Å². The smallest absolute Gasteiger partial charge is 0.228 e. The van der Waals surface area contributed by atoms with Gasteiger partial charge in [-0.2, -0.15) is 5.26 Å². The van der Waals surface area contributed by atoms with Gasteiger partial charge in [0.1, 0.15) is 23.3 Å².